The van der Waals surface area contributed by atoms with E-state index in [1.54, 1.807) is 31.2 Å². The second-order valence-electron chi connectivity index (χ2n) is 11.0. The minimum Gasteiger partial charge on any atom is -0.464 e. The molecule has 1 aliphatic carbocycles. The highest BCUT2D eigenvalue weighted by Gasteiger charge is 2.40. The Bertz CT molecular complexity index is 995. The molecule has 38 heavy (non-hydrogen) atoms. The van der Waals surface area contributed by atoms with E-state index in [1.165, 1.54) is 0 Å². The molecule has 1 aliphatic heterocycles. The Morgan fingerprint density at radius 2 is 1.82 bits per heavy atom. The highest BCUT2D eigenvalue weighted by Crippen LogP contribution is 2.29. The molecule has 1 saturated heterocycles. The van der Waals surface area contributed by atoms with Crippen LogP contribution in [0.15, 0.2) is 24.3 Å². The van der Waals surface area contributed by atoms with E-state index >= 15 is 0 Å². The summed E-state index contributed by atoms with van der Waals surface area (Å²) in [6, 6.07) is 5.08. The van der Waals surface area contributed by atoms with Gasteiger partial charge in [-0.1, -0.05) is 55.8 Å². The first-order valence-electron chi connectivity index (χ1n) is 13.5. The molecule has 210 valence electrons. The number of hydrogen-bond donors (Lipinski definition) is 3. The third-order valence-electron chi connectivity index (χ3n) is 7.16. The number of carbonyl (C=O) groups is 4. The van der Waals surface area contributed by atoms with Crippen LogP contribution in [0.2, 0.25) is 5.02 Å². The van der Waals surface area contributed by atoms with Gasteiger partial charge in [0.05, 0.1) is 6.61 Å². The van der Waals surface area contributed by atoms with E-state index in [0.29, 0.717) is 17.9 Å². The fourth-order valence-corrected chi connectivity index (χ4v) is 5.56. The summed E-state index contributed by atoms with van der Waals surface area (Å²) in [6.07, 6.45) is 5.63. The highest BCUT2D eigenvalue weighted by atomic mass is 35.5. The van der Waals surface area contributed by atoms with Gasteiger partial charge in [-0.25, -0.2) is 9.59 Å². The number of benzene rings is 1. The van der Waals surface area contributed by atoms with Crippen LogP contribution in [0, 0.1) is 11.8 Å². The van der Waals surface area contributed by atoms with Crippen molar-refractivity contribution in [2.45, 2.75) is 96.4 Å². The van der Waals surface area contributed by atoms with E-state index in [4.69, 9.17) is 21.1 Å². The second kappa shape index (κ2) is 13.8. The smallest absolute Gasteiger partial charge is 0.408 e. The number of alkyl carbamates (subject to hydrolysis) is 1. The summed E-state index contributed by atoms with van der Waals surface area (Å²) in [4.78, 5) is 51.4. The molecule has 0 bridgehead atoms. The molecule has 2 aliphatic rings. The van der Waals surface area contributed by atoms with Crippen LogP contribution in [-0.4, -0.2) is 48.1 Å². The third-order valence-corrected chi connectivity index (χ3v) is 7.39. The van der Waals surface area contributed by atoms with Gasteiger partial charge >= 0.3 is 12.1 Å². The number of nitrogens with one attached hydrogen (secondary N) is 3. The topological polar surface area (TPSA) is 123 Å². The zero-order chi connectivity index (χ0) is 27.7. The lowest BCUT2D eigenvalue weighted by Crippen LogP contribution is -2.53. The van der Waals surface area contributed by atoms with E-state index in [1.807, 2.05) is 13.8 Å². The summed E-state index contributed by atoms with van der Waals surface area (Å²) in [5, 5.41) is 8.93. The molecule has 1 saturated carbocycles. The lowest BCUT2D eigenvalue weighted by Gasteiger charge is -2.28. The Balaban J connectivity index is 1.68. The predicted molar refractivity (Wildman–Crippen MR) is 143 cm³/mol. The lowest BCUT2D eigenvalue weighted by molar-refractivity contribution is -0.148. The van der Waals surface area contributed by atoms with E-state index < -0.39 is 36.0 Å². The molecular formula is C28H40ClN3O6. The number of ether oxygens (including phenoxy) is 2. The SMILES string of the molecule is CCOC(=O)C(CC1CC(C)(C)NC1=O)NC(=O)[C@H](CC1CCCCC1)NC(=O)OCc1cccc(Cl)c1. The number of rotatable bonds is 11. The molecule has 1 aromatic rings. The monoisotopic (exact) mass is 549 g/mol. The fourth-order valence-electron chi connectivity index (χ4n) is 5.35. The molecule has 2 fully saturated rings. The van der Waals surface area contributed by atoms with Crippen molar-refractivity contribution in [3.8, 4) is 0 Å². The van der Waals surface area contributed by atoms with E-state index in [2.05, 4.69) is 16.0 Å². The number of amides is 3. The molecule has 3 atom stereocenters. The minimum absolute atomic E-state index is 0.00217. The first-order valence-corrected chi connectivity index (χ1v) is 13.9. The number of carbonyl (C=O) groups excluding carboxylic acids is 4. The van der Waals surface area contributed by atoms with E-state index in [9.17, 15) is 19.2 Å². The predicted octanol–water partition coefficient (Wildman–Crippen LogP) is 4.26. The maximum Gasteiger partial charge on any atom is 0.408 e. The van der Waals surface area contributed by atoms with Gasteiger partial charge < -0.3 is 25.4 Å². The van der Waals surface area contributed by atoms with Crippen LogP contribution < -0.4 is 16.0 Å². The Morgan fingerprint density at radius 3 is 2.45 bits per heavy atom. The van der Waals surface area contributed by atoms with Crippen LogP contribution in [0.3, 0.4) is 0 Å². The first-order chi connectivity index (χ1) is 18.1. The van der Waals surface area contributed by atoms with Crippen molar-refractivity contribution in [2.75, 3.05) is 6.61 Å². The molecule has 2 unspecified atom stereocenters. The van der Waals surface area contributed by atoms with Crippen molar-refractivity contribution in [1.82, 2.24) is 16.0 Å². The molecule has 1 aromatic carbocycles. The van der Waals surface area contributed by atoms with Crippen molar-refractivity contribution in [1.29, 1.82) is 0 Å². The normalized spacial score (nSPS) is 20.6. The molecule has 9 nitrogen and oxygen atoms in total. The maximum atomic E-state index is 13.5. The van der Waals surface area contributed by atoms with E-state index in [-0.39, 0.29) is 37.0 Å². The third kappa shape index (κ3) is 9.19. The molecular weight excluding hydrogens is 510 g/mol. The van der Waals surface area contributed by atoms with E-state index in [0.717, 1.165) is 37.7 Å². The minimum atomic E-state index is -1.01. The summed E-state index contributed by atoms with van der Waals surface area (Å²) in [6.45, 7) is 5.67. The number of halogens is 1. The molecule has 0 aromatic heterocycles. The Hall–Kier alpha value is -2.81. The van der Waals surface area contributed by atoms with Gasteiger partial charge in [-0.3, -0.25) is 9.59 Å². The average molecular weight is 550 g/mol. The highest BCUT2D eigenvalue weighted by molar-refractivity contribution is 6.30. The van der Waals surface area contributed by atoms with Gasteiger partial charge in [0.15, 0.2) is 0 Å². The summed E-state index contributed by atoms with van der Waals surface area (Å²) in [5.74, 6) is -1.41. The summed E-state index contributed by atoms with van der Waals surface area (Å²) in [5.41, 5.74) is 0.337. The molecule has 3 N–H and O–H groups in total. The fraction of sp³-hybridized carbons (Fsp3) is 0.643. The van der Waals surface area contributed by atoms with Gasteiger partial charge in [-0.05, 0) is 63.6 Å². The van der Waals surface area contributed by atoms with Gasteiger partial charge in [-0.2, -0.15) is 0 Å². The quantitative estimate of drug-likeness (QED) is 0.354. The standard InChI is InChI=1S/C28H40ClN3O6/c1-4-37-26(35)23(15-20-16-28(2,3)32-24(20)33)30-25(34)22(14-18-9-6-5-7-10-18)31-27(36)38-17-19-11-8-12-21(29)13-19/h8,11-13,18,20,22-23H,4-7,9-10,14-17H2,1-3H3,(H,30,34)(H,31,36)(H,32,33)/t20?,22-,23?/m0/s1. The van der Waals surface area contributed by atoms with Gasteiger partial charge in [0.2, 0.25) is 11.8 Å². The van der Waals surface area contributed by atoms with Crippen LogP contribution in [0.25, 0.3) is 0 Å². The van der Waals surface area contributed by atoms with Crippen molar-refractivity contribution in [2.24, 2.45) is 11.8 Å². The molecule has 1 heterocycles. The van der Waals surface area contributed by atoms with Crippen molar-refractivity contribution >= 4 is 35.5 Å². The van der Waals surface area contributed by atoms with Crippen LogP contribution in [0.1, 0.15) is 77.7 Å². The largest absolute Gasteiger partial charge is 0.464 e. The lowest BCUT2D eigenvalue weighted by atomic mass is 9.84. The molecule has 3 amide bonds. The average Bonchev–Trinajstić information content (AvgIpc) is 3.13. The van der Waals surface area contributed by atoms with Gasteiger partial charge in [0.1, 0.15) is 18.7 Å². The first kappa shape index (κ1) is 29.7. The molecule has 3 rings (SSSR count). The zero-order valence-electron chi connectivity index (χ0n) is 22.5. The molecule has 10 heteroatoms. The summed E-state index contributed by atoms with van der Waals surface area (Å²) < 4.78 is 10.6. The molecule has 0 spiro atoms. The van der Waals surface area contributed by atoms with Gasteiger partial charge in [-0.15, -0.1) is 0 Å². The number of hydrogen-bond acceptors (Lipinski definition) is 6. The van der Waals surface area contributed by atoms with Crippen LogP contribution in [0.5, 0.6) is 0 Å². The van der Waals surface area contributed by atoms with Crippen LogP contribution >= 0.6 is 11.6 Å². The zero-order valence-corrected chi connectivity index (χ0v) is 23.3. The van der Waals surface area contributed by atoms with Gasteiger partial charge in [0.25, 0.3) is 0 Å². The Morgan fingerprint density at radius 1 is 1.08 bits per heavy atom. The van der Waals surface area contributed by atoms with Crippen molar-refractivity contribution < 1.29 is 28.7 Å². The number of esters is 1. The van der Waals surface area contributed by atoms with Crippen molar-refractivity contribution in [3.63, 3.8) is 0 Å². The van der Waals surface area contributed by atoms with Gasteiger partial charge in [0, 0.05) is 16.5 Å². The maximum absolute atomic E-state index is 13.5. The van der Waals surface area contributed by atoms with Crippen molar-refractivity contribution in [3.05, 3.63) is 34.9 Å². The second-order valence-corrected chi connectivity index (χ2v) is 11.4. The van der Waals surface area contributed by atoms with Crippen LogP contribution in [0.4, 0.5) is 4.79 Å². The Labute approximate surface area is 229 Å². The molecule has 0 radical (unpaired) electrons. The summed E-state index contributed by atoms with van der Waals surface area (Å²) in [7, 11) is 0. The Kier molecular flexibility index (Phi) is 10.8. The van der Waals surface area contributed by atoms with Crippen LogP contribution in [-0.2, 0) is 30.5 Å². The summed E-state index contributed by atoms with van der Waals surface area (Å²) >= 11 is 6.00.